The van der Waals surface area contributed by atoms with Gasteiger partial charge in [0.2, 0.25) is 0 Å². The van der Waals surface area contributed by atoms with E-state index in [2.05, 4.69) is 15.1 Å². The monoisotopic (exact) mass is 545 g/mol. The molecule has 0 aromatic heterocycles. The summed E-state index contributed by atoms with van der Waals surface area (Å²) in [6, 6.07) is 19.0. The van der Waals surface area contributed by atoms with Gasteiger partial charge in [0.1, 0.15) is 0 Å². The Morgan fingerprint density at radius 2 is 1.58 bits per heavy atom. The lowest BCUT2D eigenvalue weighted by Gasteiger charge is -2.41. The summed E-state index contributed by atoms with van der Waals surface area (Å²) in [7, 11) is -1.26. The number of alkyl halides is 3. The Balaban J connectivity index is 1.38. The molecule has 1 fully saturated rings. The lowest BCUT2D eigenvalue weighted by Crippen LogP contribution is -2.46. The van der Waals surface area contributed by atoms with Crippen LogP contribution in [0.1, 0.15) is 40.0 Å². The number of carbonyl (C=O) groups is 1. The minimum Gasteiger partial charge on any atom is -0.368 e. The van der Waals surface area contributed by atoms with Crippen molar-refractivity contribution in [2.75, 3.05) is 37.3 Å². The van der Waals surface area contributed by atoms with Gasteiger partial charge in [-0.25, -0.2) is 8.42 Å². The number of piperazine rings is 1. The standard InChI is InChI=1S/C28H30F3N3O3S/c1-3-38(36,37)25-14-4-20(5-15-25)18-32-27(35)22-8-6-21(7-9-22)26-19-34(17-16-33(26)2)24-12-10-23(11-13-24)28(29,30)31/h4-15,26H,3,16-19H2,1-2H3,(H,32,35). The van der Waals surface area contributed by atoms with E-state index in [1.165, 1.54) is 12.1 Å². The van der Waals surface area contributed by atoms with Gasteiger partial charge in [0.05, 0.1) is 22.3 Å². The zero-order valence-corrected chi connectivity index (χ0v) is 22.0. The van der Waals surface area contributed by atoms with E-state index >= 15 is 0 Å². The Bertz CT molecular complexity index is 1360. The molecule has 0 spiro atoms. The number of benzene rings is 3. The Kier molecular flexibility index (Phi) is 8.13. The molecule has 1 atom stereocenters. The molecule has 1 saturated heterocycles. The van der Waals surface area contributed by atoms with Gasteiger partial charge in [-0.05, 0) is 66.7 Å². The van der Waals surface area contributed by atoms with Crippen molar-refractivity contribution in [1.29, 1.82) is 0 Å². The Hall–Kier alpha value is -3.37. The predicted octanol–water partition coefficient (Wildman–Crippen LogP) is 4.92. The predicted molar refractivity (Wildman–Crippen MR) is 141 cm³/mol. The van der Waals surface area contributed by atoms with E-state index in [1.807, 2.05) is 19.2 Å². The van der Waals surface area contributed by atoms with E-state index in [1.54, 1.807) is 43.3 Å². The van der Waals surface area contributed by atoms with Crippen LogP contribution in [0.5, 0.6) is 0 Å². The van der Waals surface area contributed by atoms with Crippen LogP contribution in [0.4, 0.5) is 18.9 Å². The van der Waals surface area contributed by atoms with Crippen LogP contribution in [0.25, 0.3) is 0 Å². The van der Waals surface area contributed by atoms with Crippen molar-refractivity contribution in [3.05, 3.63) is 95.1 Å². The minimum absolute atomic E-state index is 0.0149. The van der Waals surface area contributed by atoms with Crippen molar-refractivity contribution in [2.24, 2.45) is 0 Å². The summed E-state index contributed by atoms with van der Waals surface area (Å²) in [5.74, 6) is -0.215. The van der Waals surface area contributed by atoms with Gasteiger partial charge in [0, 0.05) is 37.4 Å². The highest BCUT2D eigenvalue weighted by atomic mass is 32.2. The van der Waals surface area contributed by atoms with Crippen LogP contribution in [-0.4, -0.2) is 51.7 Å². The molecule has 1 aliphatic heterocycles. The van der Waals surface area contributed by atoms with Crippen molar-refractivity contribution in [3.8, 4) is 0 Å². The van der Waals surface area contributed by atoms with E-state index < -0.39 is 21.6 Å². The number of likely N-dealkylation sites (N-methyl/N-ethyl adjacent to an activating group) is 1. The van der Waals surface area contributed by atoms with E-state index in [0.717, 1.165) is 35.5 Å². The number of nitrogens with zero attached hydrogens (tertiary/aromatic N) is 2. The molecule has 3 aromatic carbocycles. The number of anilines is 1. The molecule has 0 bridgehead atoms. The smallest absolute Gasteiger partial charge is 0.368 e. The third kappa shape index (κ3) is 6.36. The average molecular weight is 546 g/mol. The van der Waals surface area contributed by atoms with Gasteiger partial charge >= 0.3 is 6.18 Å². The maximum atomic E-state index is 12.9. The first kappa shape index (κ1) is 27.7. The SMILES string of the molecule is CCS(=O)(=O)c1ccc(CNC(=O)c2ccc(C3CN(c4ccc(C(F)(F)F)cc4)CCN3C)cc2)cc1. The summed E-state index contributed by atoms with van der Waals surface area (Å²) < 4.78 is 62.6. The summed E-state index contributed by atoms with van der Waals surface area (Å²) in [6.45, 7) is 3.91. The van der Waals surface area contributed by atoms with Gasteiger partial charge in [-0.2, -0.15) is 13.2 Å². The molecule has 10 heteroatoms. The summed E-state index contributed by atoms with van der Waals surface area (Å²) in [5.41, 5.74) is 2.37. The molecule has 1 unspecified atom stereocenters. The highest BCUT2D eigenvalue weighted by Crippen LogP contribution is 2.32. The Morgan fingerprint density at radius 1 is 0.947 bits per heavy atom. The van der Waals surface area contributed by atoms with Crippen LogP contribution in [-0.2, 0) is 22.6 Å². The van der Waals surface area contributed by atoms with Crippen molar-refractivity contribution in [1.82, 2.24) is 10.2 Å². The number of carbonyl (C=O) groups excluding carboxylic acids is 1. The van der Waals surface area contributed by atoms with Crippen LogP contribution >= 0.6 is 0 Å². The van der Waals surface area contributed by atoms with E-state index in [9.17, 15) is 26.4 Å². The number of amides is 1. The van der Waals surface area contributed by atoms with Crippen molar-refractivity contribution >= 4 is 21.4 Å². The van der Waals surface area contributed by atoms with Crippen LogP contribution in [0.3, 0.4) is 0 Å². The lowest BCUT2D eigenvalue weighted by atomic mass is 10.0. The fourth-order valence-corrected chi connectivity index (χ4v) is 5.34. The van der Waals surface area contributed by atoms with E-state index in [4.69, 9.17) is 0 Å². The van der Waals surface area contributed by atoms with Gasteiger partial charge in [-0.15, -0.1) is 0 Å². The molecule has 4 rings (SSSR count). The van der Waals surface area contributed by atoms with Crippen molar-refractivity contribution in [2.45, 2.75) is 30.6 Å². The molecule has 1 amide bonds. The number of nitrogens with one attached hydrogen (secondary N) is 1. The fraction of sp³-hybridized carbons (Fsp3) is 0.321. The van der Waals surface area contributed by atoms with E-state index in [0.29, 0.717) is 18.7 Å². The van der Waals surface area contributed by atoms with Gasteiger partial charge in [0.15, 0.2) is 9.84 Å². The highest BCUT2D eigenvalue weighted by Gasteiger charge is 2.31. The summed E-state index contributed by atoms with van der Waals surface area (Å²) in [5, 5.41) is 2.85. The third-order valence-electron chi connectivity index (χ3n) is 6.88. The topological polar surface area (TPSA) is 69.7 Å². The molecule has 38 heavy (non-hydrogen) atoms. The average Bonchev–Trinajstić information content (AvgIpc) is 2.92. The first-order valence-corrected chi connectivity index (χ1v) is 14.0. The molecule has 202 valence electrons. The first-order chi connectivity index (χ1) is 18.0. The molecule has 3 aromatic rings. The second kappa shape index (κ2) is 11.2. The maximum absolute atomic E-state index is 12.9. The molecule has 1 aliphatic rings. The van der Waals surface area contributed by atoms with Crippen molar-refractivity contribution < 1.29 is 26.4 Å². The van der Waals surface area contributed by atoms with Crippen LogP contribution in [0, 0.1) is 0 Å². The summed E-state index contributed by atoms with van der Waals surface area (Å²) >= 11 is 0. The maximum Gasteiger partial charge on any atom is 0.416 e. The van der Waals surface area contributed by atoms with Gasteiger partial charge in [-0.1, -0.05) is 31.2 Å². The van der Waals surface area contributed by atoms with Crippen LogP contribution in [0.15, 0.2) is 77.7 Å². The second-order valence-corrected chi connectivity index (χ2v) is 11.6. The normalized spacial score (nSPS) is 16.9. The highest BCUT2D eigenvalue weighted by molar-refractivity contribution is 7.91. The minimum atomic E-state index is -4.36. The Labute approximate surface area is 221 Å². The molecule has 1 N–H and O–H groups in total. The molecule has 0 aliphatic carbocycles. The molecular weight excluding hydrogens is 515 g/mol. The third-order valence-corrected chi connectivity index (χ3v) is 8.63. The Morgan fingerprint density at radius 3 is 2.16 bits per heavy atom. The largest absolute Gasteiger partial charge is 0.416 e. The first-order valence-electron chi connectivity index (χ1n) is 12.3. The quantitative estimate of drug-likeness (QED) is 0.457. The molecular formula is C28H30F3N3O3S. The van der Waals surface area contributed by atoms with E-state index in [-0.39, 0.29) is 29.1 Å². The summed E-state index contributed by atoms with van der Waals surface area (Å²) in [4.78, 5) is 17.2. The van der Waals surface area contributed by atoms with Crippen LogP contribution < -0.4 is 10.2 Å². The van der Waals surface area contributed by atoms with Crippen LogP contribution in [0.2, 0.25) is 0 Å². The van der Waals surface area contributed by atoms with Crippen molar-refractivity contribution in [3.63, 3.8) is 0 Å². The second-order valence-electron chi connectivity index (χ2n) is 9.34. The number of hydrogen-bond acceptors (Lipinski definition) is 5. The lowest BCUT2D eigenvalue weighted by molar-refractivity contribution is -0.137. The van der Waals surface area contributed by atoms with Gasteiger partial charge in [0.25, 0.3) is 5.91 Å². The summed E-state index contributed by atoms with van der Waals surface area (Å²) in [6.07, 6.45) is -4.36. The number of rotatable bonds is 7. The molecule has 1 heterocycles. The molecule has 6 nitrogen and oxygen atoms in total. The van der Waals surface area contributed by atoms with Gasteiger partial charge in [-0.3, -0.25) is 9.69 Å². The number of sulfone groups is 1. The number of halogens is 3. The van der Waals surface area contributed by atoms with Gasteiger partial charge < -0.3 is 10.2 Å². The molecule has 0 saturated carbocycles. The zero-order chi connectivity index (χ0) is 27.5. The fourth-order valence-electron chi connectivity index (χ4n) is 4.45. The zero-order valence-electron chi connectivity index (χ0n) is 21.2. The number of hydrogen-bond donors (Lipinski definition) is 1. The molecule has 0 radical (unpaired) electrons.